The average molecular weight is 191 g/mol. The van der Waals surface area contributed by atoms with Gasteiger partial charge in [0.1, 0.15) is 0 Å². The van der Waals surface area contributed by atoms with Crippen LogP contribution in [0.2, 0.25) is 0 Å². The highest BCUT2D eigenvalue weighted by molar-refractivity contribution is 7.99. The molecule has 2 atom stereocenters. The highest BCUT2D eigenvalue weighted by Crippen LogP contribution is 2.17. The summed E-state index contributed by atoms with van der Waals surface area (Å²) in [5, 5.41) is 9.04. The van der Waals surface area contributed by atoms with Crippen molar-refractivity contribution in [2.75, 3.05) is 12.8 Å². The highest BCUT2D eigenvalue weighted by atomic mass is 32.2. The fraction of sp³-hybridized carbons (Fsp3) is 0.875. The topological polar surface area (TPSA) is 63.3 Å². The molecular formula is C8H17NO2S. The monoisotopic (exact) mass is 191 g/mol. The lowest BCUT2D eigenvalue weighted by atomic mass is 10.0. The molecule has 0 saturated carbocycles. The van der Waals surface area contributed by atoms with Crippen LogP contribution >= 0.6 is 11.8 Å². The molecule has 0 aromatic rings. The number of hydrogen-bond acceptors (Lipinski definition) is 3. The van der Waals surface area contributed by atoms with Crippen LogP contribution in [0.5, 0.6) is 0 Å². The number of carboxylic acids is 1. The first kappa shape index (κ1) is 11.8. The fourth-order valence-corrected chi connectivity index (χ4v) is 1.54. The van der Waals surface area contributed by atoms with E-state index in [1.165, 1.54) is 0 Å². The minimum Gasteiger partial charge on any atom is -0.481 e. The van der Waals surface area contributed by atoms with Crippen molar-refractivity contribution in [2.45, 2.75) is 25.0 Å². The van der Waals surface area contributed by atoms with Crippen LogP contribution in [0, 0.1) is 5.92 Å². The van der Waals surface area contributed by atoms with Crippen molar-refractivity contribution in [3.05, 3.63) is 0 Å². The zero-order chi connectivity index (χ0) is 9.56. The number of aliphatic carboxylic acids is 1. The third kappa shape index (κ3) is 5.43. The lowest BCUT2D eigenvalue weighted by molar-refractivity contribution is -0.138. The Labute approximate surface area is 77.7 Å². The summed E-state index contributed by atoms with van der Waals surface area (Å²) in [5.74, 6) is -0.622. The fourth-order valence-electron chi connectivity index (χ4n) is 1.08. The van der Waals surface area contributed by atoms with E-state index in [1.54, 1.807) is 11.8 Å². The summed E-state index contributed by atoms with van der Waals surface area (Å²) < 4.78 is 0. The van der Waals surface area contributed by atoms with Crippen molar-refractivity contribution >= 4 is 17.7 Å². The summed E-state index contributed by atoms with van der Waals surface area (Å²) >= 11 is 1.75. The molecule has 0 aliphatic rings. The molecule has 0 rings (SSSR count). The molecule has 0 aliphatic heterocycles. The van der Waals surface area contributed by atoms with Gasteiger partial charge < -0.3 is 10.8 Å². The molecule has 0 aromatic heterocycles. The molecular weight excluding hydrogens is 174 g/mol. The first-order valence-corrected chi connectivity index (χ1v) is 5.33. The number of carboxylic acid groups (broad SMARTS) is 1. The molecule has 4 heteroatoms. The van der Waals surface area contributed by atoms with Crippen LogP contribution in [-0.4, -0.2) is 29.1 Å². The Morgan fingerprint density at radius 2 is 2.25 bits per heavy atom. The van der Waals surface area contributed by atoms with Gasteiger partial charge in [-0.05, 0) is 25.1 Å². The van der Waals surface area contributed by atoms with E-state index in [0.717, 1.165) is 6.42 Å². The molecule has 3 nitrogen and oxygen atoms in total. The molecule has 0 saturated heterocycles. The van der Waals surface area contributed by atoms with Crippen molar-refractivity contribution in [2.24, 2.45) is 11.7 Å². The van der Waals surface area contributed by atoms with Crippen LogP contribution in [0.4, 0.5) is 0 Å². The number of rotatable bonds is 6. The lowest BCUT2D eigenvalue weighted by Crippen LogP contribution is -2.21. The summed E-state index contributed by atoms with van der Waals surface area (Å²) in [6.45, 7) is 2.56. The van der Waals surface area contributed by atoms with Crippen molar-refractivity contribution in [3.8, 4) is 0 Å². The van der Waals surface area contributed by atoms with Crippen LogP contribution in [0.3, 0.4) is 0 Å². The summed E-state index contributed by atoms with van der Waals surface area (Å²) in [4.78, 5) is 10.4. The van der Waals surface area contributed by atoms with E-state index in [4.69, 9.17) is 10.8 Å². The van der Waals surface area contributed by atoms with Crippen LogP contribution in [0.25, 0.3) is 0 Å². The molecule has 3 N–H and O–H groups in total. The van der Waals surface area contributed by atoms with Crippen LogP contribution in [-0.2, 0) is 4.79 Å². The molecule has 0 aliphatic carbocycles. The van der Waals surface area contributed by atoms with Crippen LogP contribution < -0.4 is 5.73 Å². The number of carbonyl (C=O) groups is 1. The number of hydrogen-bond donors (Lipinski definition) is 2. The van der Waals surface area contributed by atoms with Gasteiger partial charge in [0.2, 0.25) is 0 Å². The molecule has 0 spiro atoms. The lowest BCUT2D eigenvalue weighted by Gasteiger charge is -2.15. The van der Waals surface area contributed by atoms with E-state index in [0.29, 0.717) is 11.8 Å². The molecule has 72 valence electrons. The van der Waals surface area contributed by atoms with E-state index in [9.17, 15) is 4.79 Å². The van der Waals surface area contributed by atoms with Crippen LogP contribution in [0.1, 0.15) is 19.8 Å². The standard InChI is InChI=1S/C8H17NO2S/c1-6(12-2)3-7(5-9)4-8(10)11/h6-7H,3-5,9H2,1-2H3,(H,10,11)/t6-,7+/m1/s1. The van der Waals surface area contributed by atoms with Gasteiger partial charge in [0.15, 0.2) is 0 Å². The predicted octanol–water partition coefficient (Wildman–Crippen LogP) is 1.18. The quantitative estimate of drug-likeness (QED) is 0.661. The Morgan fingerprint density at radius 1 is 1.67 bits per heavy atom. The van der Waals surface area contributed by atoms with Gasteiger partial charge in [0.05, 0.1) is 0 Å². The minimum absolute atomic E-state index is 0.130. The molecule has 12 heavy (non-hydrogen) atoms. The van der Waals surface area contributed by atoms with Gasteiger partial charge in [0, 0.05) is 11.7 Å². The molecule has 0 heterocycles. The molecule has 0 amide bonds. The predicted molar refractivity (Wildman–Crippen MR) is 52.4 cm³/mol. The normalized spacial score (nSPS) is 15.6. The summed E-state index contributed by atoms with van der Waals surface area (Å²) in [5.41, 5.74) is 5.45. The Kier molecular flexibility index (Phi) is 6.20. The first-order valence-electron chi connectivity index (χ1n) is 4.04. The van der Waals surface area contributed by atoms with E-state index >= 15 is 0 Å². The average Bonchev–Trinajstić information content (AvgIpc) is 2.02. The van der Waals surface area contributed by atoms with E-state index < -0.39 is 5.97 Å². The Hall–Kier alpha value is -0.220. The summed E-state index contributed by atoms with van der Waals surface area (Å²) in [7, 11) is 0. The van der Waals surface area contributed by atoms with Crippen LogP contribution in [0.15, 0.2) is 0 Å². The van der Waals surface area contributed by atoms with Crippen molar-refractivity contribution in [1.29, 1.82) is 0 Å². The van der Waals surface area contributed by atoms with E-state index in [2.05, 4.69) is 6.92 Å². The number of thioether (sulfide) groups is 1. The minimum atomic E-state index is -0.751. The molecule has 0 radical (unpaired) electrons. The Morgan fingerprint density at radius 3 is 2.58 bits per heavy atom. The maximum absolute atomic E-state index is 10.4. The Bertz CT molecular complexity index is 141. The second kappa shape index (κ2) is 6.31. The summed E-state index contributed by atoms with van der Waals surface area (Å²) in [6.07, 6.45) is 3.12. The van der Waals surface area contributed by atoms with Gasteiger partial charge in [0.25, 0.3) is 0 Å². The second-order valence-corrected chi connectivity index (χ2v) is 4.26. The van der Waals surface area contributed by atoms with Crippen molar-refractivity contribution in [3.63, 3.8) is 0 Å². The third-order valence-corrected chi connectivity index (χ3v) is 2.86. The van der Waals surface area contributed by atoms with Crippen molar-refractivity contribution in [1.82, 2.24) is 0 Å². The SMILES string of the molecule is CS[C@H](C)C[C@H](CN)CC(=O)O. The number of nitrogens with two attached hydrogens (primary N) is 1. The summed E-state index contributed by atoms with van der Waals surface area (Å²) in [6, 6.07) is 0. The Balaban J connectivity index is 3.74. The van der Waals surface area contributed by atoms with E-state index in [1.807, 2.05) is 6.26 Å². The van der Waals surface area contributed by atoms with Crippen molar-refractivity contribution < 1.29 is 9.90 Å². The molecule has 0 fully saturated rings. The molecule has 0 aromatic carbocycles. The third-order valence-electron chi connectivity index (χ3n) is 1.86. The second-order valence-electron chi connectivity index (χ2n) is 2.98. The van der Waals surface area contributed by atoms with Gasteiger partial charge in [-0.3, -0.25) is 4.79 Å². The van der Waals surface area contributed by atoms with Gasteiger partial charge in [-0.1, -0.05) is 6.92 Å². The highest BCUT2D eigenvalue weighted by Gasteiger charge is 2.14. The van der Waals surface area contributed by atoms with Gasteiger partial charge in [-0.25, -0.2) is 0 Å². The maximum atomic E-state index is 10.4. The smallest absolute Gasteiger partial charge is 0.303 e. The maximum Gasteiger partial charge on any atom is 0.303 e. The van der Waals surface area contributed by atoms with Gasteiger partial charge >= 0.3 is 5.97 Å². The zero-order valence-electron chi connectivity index (χ0n) is 7.62. The zero-order valence-corrected chi connectivity index (χ0v) is 8.43. The molecule has 0 bridgehead atoms. The van der Waals surface area contributed by atoms with E-state index in [-0.39, 0.29) is 12.3 Å². The van der Waals surface area contributed by atoms with Gasteiger partial charge in [-0.2, -0.15) is 11.8 Å². The largest absolute Gasteiger partial charge is 0.481 e. The molecule has 0 unspecified atom stereocenters. The first-order chi connectivity index (χ1) is 5.60. The van der Waals surface area contributed by atoms with Gasteiger partial charge in [-0.15, -0.1) is 0 Å².